The highest BCUT2D eigenvalue weighted by molar-refractivity contribution is 6.40. The number of para-hydroxylation sites is 1. The lowest BCUT2D eigenvalue weighted by atomic mass is 9.86. The largest absolute Gasteiger partial charge is 0.368 e. The van der Waals surface area contributed by atoms with Gasteiger partial charge >= 0.3 is 0 Å². The summed E-state index contributed by atoms with van der Waals surface area (Å²) >= 11 is 12.9. The standard InChI is InChI=1S/C26H18Cl2F2N2O/c27-21-2-1-3-22(28)26(21)32-24-13-16(15-8-10-31-11-9-15)12-20(19(24)6-7-25(32)33)18-5-4-17(29)14-23(18)30/h1-5,8-15,31H,6-7H2. The molecule has 7 heteroatoms. The van der Waals surface area contributed by atoms with Gasteiger partial charge in [0.05, 0.1) is 21.4 Å². The van der Waals surface area contributed by atoms with E-state index in [1.165, 1.54) is 17.0 Å². The first kappa shape index (κ1) is 21.7. The first-order valence-electron chi connectivity index (χ1n) is 10.4. The molecule has 1 amide bonds. The van der Waals surface area contributed by atoms with Crippen LogP contribution in [0.25, 0.3) is 11.1 Å². The lowest BCUT2D eigenvalue weighted by Gasteiger charge is -2.33. The molecule has 5 rings (SSSR count). The number of nitrogens with zero attached hydrogens (tertiary/aromatic N) is 1. The van der Waals surface area contributed by atoms with Crippen molar-refractivity contribution in [2.75, 3.05) is 4.90 Å². The van der Waals surface area contributed by atoms with Gasteiger partial charge in [0, 0.05) is 24.0 Å². The van der Waals surface area contributed by atoms with Crippen LogP contribution in [-0.4, -0.2) is 5.91 Å². The minimum Gasteiger partial charge on any atom is -0.368 e. The van der Waals surface area contributed by atoms with Crippen LogP contribution in [0.5, 0.6) is 0 Å². The van der Waals surface area contributed by atoms with Gasteiger partial charge in [-0.05, 0) is 71.9 Å². The number of dihydropyridines is 1. The Kier molecular flexibility index (Phi) is 5.69. The topological polar surface area (TPSA) is 32.3 Å². The quantitative estimate of drug-likeness (QED) is 0.425. The molecular formula is C26H18Cl2F2N2O. The van der Waals surface area contributed by atoms with Crippen molar-refractivity contribution in [3.8, 4) is 11.1 Å². The summed E-state index contributed by atoms with van der Waals surface area (Å²) in [6.07, 6.45) is 8.17. The number of nitrogens with one attached hydrogen (secondary N) is 1. The average Bonchev–Trinajstić information content (AvgIpc) is 2.80. The summed E-state index contributed by atoms with van der Waals surface area (Å²) in [5, 5.41) is 3.68. The zero-order valence-electron chi connectivity index (χ0n) is 17.3. The van der Waals surface area contributed by atoms with Crippen LogP contribution in [0.1, 0.15) is 23.5 Å². The van der Waals surface area contributed by atoms with Crippen molar-refractivity contribution in [3.05, 3.63) is 106 Å². The van der Waals surface area contributed by atoms with Gasteiger partial charge in [-0.15, -0.1) is 0 Å². The maximum absolute atomic E-state index is 14.9. The van der Waals surface area contributed by atoms with E-state index >= 15 is 0 Å². The number of benzene rings is 3. The Bertz CT molecular complexity index is 1300. The molecule has 2 aliphatic heterocycles. The summed E-state index contributed by atoms with van der Waals surface area (Å²) < 4.78 is 28.6. The zero-order chi connectivity index (χ0) is 23.1. The smallest absolute Gasteiger partial charge is 0.231 e. The van der Waals surface area contributed by atoms with Crippen LogP contribution < -0.4 is 10.2 Å². The van der Waals surface area contributed by atoms with Crippen molar-refractivity contribution in [2.45, 2.75) is 18.8 Å². The number of carbonyl (C=O) groups excluding carboxylic acids is 1. The van der Waals surface area contributed by atoms with Crippen molar-refractivity contribution in [1.82, 2.24) is 5.32 Å². The second-order valence-electron chi connectivity index (χ2n) is 7.90. The van der Waals surface area contributed by atoms with Gasteiger partial charge in [-0.25, -0.2) is 8.78 Å². The van der Waals surface area contributed by atoms with Crippen molar-refractivity contribution in [3.63, 3.8) is 0 Å². The summed E-state index contributed by atoms with van der Waals surface area (Å²) in [5.41, 5.74) is 3.51. The molecule has 2 heterocycles. The van der Waals surface area contributed by atoms with E-state index in [-0.39, 0.29) is 23.8 Å². The number of fused-ring (bicyclic) bond motifs is 1. The molecule has 0 aromatic heterocycles. The van der Waals surface area contributed by atoms with Gasteiger partial charge in [0.15, 0.2) is 0 Å². The number of halogens is 4. The lowest BCUT2D eigenvalue weighted by Crippen LogP contribution is -2.32. The van der Waals surface area contributed by atoms with E-state index < -0.39 is 11.6 Å². The molecule has 33 heavy (non-hydrogen) atoms. The van der Waals surface area contributed by atoms with Crippen molar-refractivity contribution in [1.29, 1.82) is 0 Å². The first-order valence-corrected chi connectivity index (χ1v) is 11.2. The minimum atomic E-state index is -0.662. The predicted molar refractivity (Wildman–Crippen MR) is 128 cm³/mol. The Labute approximate surface area is 199 Å². The maximum atomic E-state index is 14.9. The molecule has 2 aliphatic rings. The van der Waals surface area contributed by atoms with Crippen LogP contribution in [-0.2, 0) is 11.2 Å². The van der Waals surface area contributed by atoms with Gasteiger partial charge in [0.1, 0.15) is 11.6 Å². The fourth-order valence-electron chi connectivity index (χ4n) is 4.37. The number of allylic oxidation sites excluding steroid dienone is 2. The Hall–Kier alpha value is -3.15. The molecule has 0 spiro atoms. The highest BCUT2D eigenvalue weighted by Gasteiger charge is 2.32. The number of rotatable bonds is 3. The second kappa shape index (κ2) is 8.65. The third-order valence-corrected chi connectivity index (χ3v) is 6.50. The average molecular weight is 483 g/mol. The zero-order valence-corrected chi connectivity index (χ0v) is 18.8. The summed E-state index contributed by atoms with van der Waals surface area (Å²) in [7, 11) is 0. The molecule has 3 aromatic rings. The molecule has 0 atom stereocenters. The van der Waals surface area contributed by atoms with Crippen LogP contribution in [0, 0.1) is 11.6 Å². The molecule has 3 nitrogen and oxygen atoms in total. The van der Waals surface area contributed by atoms with E-state index in [2.05, 4.69) is 5.32 Å². The van der Waals surface area contributed by atoms with E-state index in [0.29, 0.717) is 33.4 Å². The molecule has 0 aliphatic carbocycles. The van der Waals surface area contributed by atoms with Crippen molar-refractivity contribution >= 4 is 40.5 Å². The molecule has 0 saturated heterocycles. The number of carbonyl (C=O) groups is 1. The van der Waals surface area contributed by atoms with Gasteiger partial charge in [0.25, 0.3) is 0 Å². The third-order valence-electron chi connectivity index (χ3n) is 5.89. The summed E-state index contributed by atoms with van der Waals surface area (Å²) in [4.78, 5) is 14.7. The second-order valence-corrected chi connectivity index (χ2v) is 8.71. The third kappa shape index (κ3) is 3.92. The molecule has 166 valence electrons. The van der Waals surface area contributed by atoms with E-state index in [1.54, 1.807) is 18.2 Å². The van der Waals surface area contributed by atoms with Crippen molar-refractivity contribution < 1.29 is 13.6 Å². The summed E-state index contributed by atoms with van der Waals surface area (Å²) in [5.74, 6) is -1.56. The summed E-state index contributed by atoms with van der Waals surface area (Å²) in [6, 6.07) is 12.4. The van der Waals surface area contributed by atoms with Crippen molar-refractivity contribution in [2.24, 2.45) is 0 Å². The molecule has 0 bridgehead atoms. The monoisotopic (exact) mass is 482 g/mol. The normalized spacial score (nSPS) is 15.5. The molecule has 1 N–H and O–H groups in total. The Morgan fingerprint density at radius 1 is 0.909 bits per heavy atom. The van der Waals surface area contributed by atoms with Gasteiger partial charge in [-0.3, -0.25) is 9.69 Å². The van der Waals surface area contributed by atoms with Crippen LogP contribution in [0.2, 0.25) is 10.0 Å². The minimum absolute atomic E-state index is 0.0978. The van der Waals surface area contributed by atoms with Gasteiger partial charge in [-0.1, -0.05) is 41.4 Å². The number of hydrogen-bond donors (Lipinski definition) is 1. The SMILES string of the molecule is O=C1CCc2c(-c3ccc(F)cc3F)cc(C3C=CNC=C3)cc2N1c1c(Cl)cccc1Cl. The van der Waals surface area contributed by atoms with Crippen LogP contribution >= 0.6 is 23.2 Å². The lowest BCUT2D eigenvalue weighted by molar-refractivity contribution is -0.118. The Balaban J connectivity index is 1.79. The fraction of sp³-hybridized carbons (Fsp3) is 0.115. The van der Waals surface area contributed by atoms with Gasteiger partial charge < -0.3 is 5.32 Å². The van der Waals surface area contributed by atoms with Gasteiger partial charge in [-0.2, -0.15) is 0 Å². The van der Waals surface area contributed by atoms with E-state index in [4.69, 9.17) is 23.2 Å². The maximum Gasteiger partial charge on any atom is 0.231 e. The molecule has 0 saturated carbocycles. The van der Waals surface area contributed by atoms with Crippen LogP contribution in [0.15, 0.2) is 73.1 Å². The summed E-state index contributed by atoms with van der Waals surface area (Å²) in [6.45, 7) is 0. The molecule has 0 radical (unpaired) electrons. The first-order chi connectivity index (χ1) is 15.9. The molecule has 0 fully saturated rings. The van der Waals surface area contributed by atoms with E-state index in [9.17, 15) is 13.6 Å². The highest BCUT2D eigenvalue weighted by Crippen LogP contribution is 2.46. The molecular weight excluding hydrogens is 465 g/mol. The van der Waals surface area contributed by atoms with Gasteiger partial charge in [0.2, 0.25) is 5.91 Å². The van der Waals surface area contributed by atoms with Crippen LogP contribution in [0.3, 0.4) is 0 Å². The van der Waals surface area contributed by atoms with E-state index in [1.807, 2.05) is 36.7 Å². The van der Waals surface area contributed by atoms with Crippen LogP contribution in [0.4, 0.5) is 20.2 Å². The Morgan fingerprint density at radius 2 is 1.64 bits per heavy atom. The fourth-order valence-corrected chi connectivity index (χ4v) is 4.93. The number of anilines is 2. The number of hydrogen-bond acceptors (Lipinski definition) is 2. The highest BCUT2D eigenvalue weighted by atomic mass is 35.5. The number of amides is 1. The predicted octanol–water partition coefficient (Wildman–Crippen LogP) is 7.26. The molecule has 0 unspecified atom stereocenters. The van der Waals surface area contributed by atoms with E-state index in [0.717, 1.165) is 17.2 Å². The molecule has 3 aromatic carbocycles. The Morgan fingerprint density at radius 3 is 2.33 bits per heavy atom.